The number of benzene rings is 1. The first-order valence-corrected chi connectivity index (χ1v) is 6.67. The third-order valence-electron chi connectivity index (χ3n) is 2.95. The Morgan fingerprint density at radius 1 is 1.44 bits per heavy atom. The average Bonchev–Trinajstić information content (AvgIpc) is 2.23. The Balaban J connectivity index is 2.67. The smallest absolute Gasteiger partial charge is 0.335 e. The maximum atomic E-state index is 11.8. The van der Waals surface area contributed by atoms with Gasteiger partial charge in [0.1, 0.15) is 0 Å². The molecule has 1 aromatic carbocycles. The van der Waals surface area contributed by atoms with E-state index in [4.69, 9.17) is 5.11 Å². The molecular weight excluding hydrogens is 228 g/mol. The summed E-state index contributed by atoms with van der Waals surface area (Å²) in [6, 6.07) is 4.33. The number of carboxylic acid groups (broad SMARTS) is 1. The van der Waals surface area contributed by atoms with Crippen LogP contribution in [0, 0.1) is 0 Å². The van der Waals surface area contributed by atoms with Crippen LogP contribution in [0.5, 0.6) is 0 Å². The first-order valence-electron chi connectivity index (χ1n) is 5.02. The molecule has 5 heteroatoms. The van der Waals surface area contributed by atoms with Crippen LogP contribution in [-0.4, -0.2) is 25.2 Å². The number of carboxylic acids is 1. The Morgan fingerprint density at radius 2 is 2.12 bits per heavy atom. The molecule has 0 saturated heterocycles. The van der Waals surface area contributed by atoms with E-state index in [1.54, 1.807) is 6.07 Å². The molecule has 1 aliphatic heterocycles. The van der Waals surface area contributed by atoms with Gasteiger partial charge in [0.2, 0.25) is 0 Å². The third-order valence-corrected chi connectivity index (χ3v) is 4.74. The van der Waals surface area contributed by atoms with Gasteiger partial charge in [0.25, 0.3) is 0 Å². The van der Waals surface area contributed by atoms with E-state index in [1.807, 2.05) is 6.92 Å². The number of hydrogen-bond donors (Lipinski definition) is 1. The van der Waals surface area contributed by atoms with Crippen molar-refractivity contribution < 1.29 is 18.3 Å². The molecule has 1 aromatic rings. The molecule has 86 valence electrons. The van der Waals surface area contributed by atoms with Crippen molar-refractivity contribution in [1.29, 1.82) is 0 Å². The van der Waals surface area contributed by atoms with Gasteiger partial charge in [0, 0.05) is 0 Å². The summed E-state index contributed by atoms with van der Waals surface area (Å²) >= 11 is 0. The molecule has 1 unspecified atom stereocenters. The van der Waals surface area contributed by atoms with Gasteiger partial charge in [-0.15, -0.1) is 0 Å². The van der Waals surface area contributed by atoms with Crippen molar-refractivity contribution in [3.8, 4) is 0 Å². The summed E-state index contributed by atoms with van der Waals surface area (Å²) in [5, 5.41) is 8.83. The molecule has 1 aliphatic rings. The maximum Gasteiger partial charge on any atom is 0.335 e. The lowest BCUT2D eigenvalue weighted by atomic mass is 9.97. The van der Waals surface area contributed by atoms with Gasteiger partial charge in [-0.3, -0.25) is 0 Å². The van der Waals surface area contributed by atoms with Crippen LogP contribution in [0.25, 0.3) is 0 Å². The van der Waals surface area contributed by atoms with Crippen LogP contribution < -0.4 is 0 Å². The van der Waals surface area contributed by atoms with Gasteiger partial charge < -0.3 is 5.11 Å². The minimum Gasteiger partial charge on any atom is -0.478 e. The number of aromatic carboxylic acids is 1. The van der Waals surface area contributed by atoms with E-state index in [0.29, 0.717) is 6.42 Å². The Hall–Kier alpha value is -1.36. The lowest BCUT2D eigenvalue weighted by molar-refractivity contribution is 0.0696. The minimum absolute atomic E-state index is 0.0245. The molecule has 0 radical (unpaired) electrons. The summed E-state index contributed by atoms with van der Waals surface area (Å²) in [6.45, 7) is 1.95. The van der Waals surface area contributed by atoms with Gasteiger partial charge in [0.05, 0.1) is 16.2 Å². The standard InChI is InChI=1S/C11H12O4S/c1-7-4-5-16(14,15)10-6-8(11(12)13)2-3-9(7)10/h2-3,6-7H,4-5H2,1H3,(H,12,13). The van der Waals surface area contributed by atoms with Crippen LogP contribution in [-0.2, 0) is 9.84 Å². The zero-order chi connectivity index (χ0) is 11.9. The van der Waals surface area contributed by atoms with Gasteiger partial charge in [0.15, 0.2) is 9.84 Å². The monoisotopic (exact) mass is 240 g/mol. The van der Waals surface area contributed by atoms with Crippen LogP contribution in [0.4, 0.5) is 0 Å². The molecule has 4 nitrogen and oxygen atoms in total. The van der Waals surface area contributed by atoms with Gasteiger partial charge in [-0.2, -0.15) is 0 Å². The molecule has 0 fully saturated rings. The Morgan fingerprint density at radius 3 is 2.75 bits per heavy atom. The molecule has 1 N–H and O–H groups in total. The lowest BCUT2D eigenvalue weighted by Crippen LogP contribution is -2.19. The fourth-order valence-corrected chi connectivity index (χ4v) is 3.76. The van der Waals surface area contributed by atoms with Crippen molar-refractivity contribution in [2.45, 2.75) is 24.2 Å². The first-order chi connectivity index (χ1) is 7.42. The van der Waals surface area contributed by atoms with Crippen molar-refractivity contribution in [3.05, 3.63) is 29.3 Å². The fraction of sp³-hybridized carbons (Fsp3) is 0.364. The fourth-order valence-electron chi connectivity index (χ4n) is 1.94. The minimum atomic E-state index is -3.29. The van der Waals surface area contributed by atoms with Gasteiger partial charge in [-0.05, 0) is 30.0 Å². The molecule has 0 aliphatic carbocycles. The highest BCUT2D eigenvalue weighted by molar-refractivity contribution is 7.91. The summed E-state index contributed by atoms with van der Waals surface area (Å²) in [5.74, 6) is -0.831. The zero-order valence-electron chi connectivity index (χ0n) is 8.80. The van der Waals surface area contributed by atoms with E-state index in [2.05, 4.69) is 0 Å². The topological polar surface area (TPSA) is 71.4 Å². The molecular formula is C11H12O4S. The highest BCUT2D eigenvalue weighted by atomic mass is 32.2. The van der Waals surface area contributed by atoms with Crippen LogP contribution in [0.2, 0.25) is 0 Å². The molecule has 1 heterocycles. The lowest BCUT2D eigenvalue weighted by Gasteiger charge is -2.22. The number of carbonyl (C=O) groups is 1. The number of hydrogen-bond acceptors (Lipinski definition) is 3. The van der Waals surface area contributed by atoms with Crippen molar-refractivity contribution in [3.63, 3.8) is 0 Å². The van der Waals surface area contributed by atoms with Crippen LogP contribution in [0.1, 0.15) is 35.2 Å². The van der Waals surface area contributed by atoms with E-state index in [1.165, 1.54) is 12.1 Å². The summed E-state index contributed by atoms with van der Waals surface area (Å²) < 4.78 is 23.6. The highest BCUT2D eigenvalue weighted by Crippen LogP contribution is 2.33. The van der Waals surface area contributed by atoms with Crippen molar-refractivity contribution in [2.24, 2.45) is 0 Å². The zero-order valence-corrected chi connectivity index (χ0v) is 9.62. The molecule has 0 bridgehead atoms. The Labute approximate surface area is 93.8 Å². The highest BCUT2D eigenvalue weighted by Gasteiger charge is 2.28. The molecule has 1 atom stereocenters. The molecule has 0 saturated carbocycles. The van der Waals surface area contributed by atoms with E-state index < -0.39 is 15.8 Å². The van der Waals surface area contributed by atoms with Gasteiger partial charge >= 0.3 is 5.97 Å². The van der Waals surface area contributed by atoms with Crippen LogP contribution in [0.15, 0.2) is 23.1 Å². The van der Waals surface area contributed by atoms with Crippen molar-refractivity contribution >= 4 is 15.8 Å². The molecule has 16 heavy (non-hydrogen) atoms. The van der Waals surface area contributed by atoms with E-state index in [9.17, 15) is 13.2 Å². The first kappa shape index (κ1) is 11.1. The summed E-state index contributed by atoms with van der Waals surface area (Å²) in [6.07, 6.45) is 0.599. The quantitative estimate of drug-likeness (QED) is 0.810. The number of fused-ring (bicyclic) bond motifs is 1. The summed E-state index contributed by atoms with van der Waals surface area (Å²) in [4.78, 5) is 11.0. The maximum absolute atomic E-state index is 11.8. The second-order valence-electron chi connectivity index (χ2n) is 4.07. The Bertz CT molecular complexity index is 545. The van der Waals surface area contributed by atoms with Crippen molar-refractivity contribution in [2.75, 3.05) is 5.75 Å². The van der Waals surface area contributed by atoms with E-state index in [-0.39, 0.29) is 22.1 Å². The van der Waals surface area contributed by atoms with E-state index >= 15 is 0 Å². The summed E-state index contributed by atoms with van der Waals surface area (Å²) in [5.41, 5.74) is 0.757. The van der Waals surface area contributed by atoms with Crippen LogP contribution in [0.3, 0.4) is 0 Å². The number of rotatable bonds is 1. The van der Waals surface area contributed by atoms with Crippen LogP contribution >= 0.6 is 0 Å². The molecule has 2 rings (SSSR count). The summed E-state index contributed by atoms with van der Waals surface area (Å²) in [7, 11) is -3.29. The van der Waals surface area contributed by atoms with Gasteiger partial charge in [-0.25, -0.2) is 13.2 Å². The normalized spacial score (nSPS) is 22.4. The average molecular weight is 240 g/mol. The molecule has 0 aromatic heterocycles. The van der Waals surface area contributed by atoms with Gasteiger partial charge in [-0.1, -0.05) is 13.0 Å². The third kappa shape index (κ3) is 1.71. The predicted octanol–water partition coefficient (Wildman–Crippen LogP) is 1.67. The van der Waals surface area contributed by atoms with Crippen molar-refractivity contribution in [1.82, 2.24) is 0 Å². The largest absolute Gasteiger partial charge is 0.478 e. The second-order valence-corrected chi connectivity index (χ2v) is 6.14. The Kier molecular flexibility index (Phi) is 2.50. The molecule has 0 amide bonds. The predicted molar refractivity (Wildman–Crippen MR) is 58.5 cm³/mol. The SMILES string of the molecule is CC1CCS(=O)(=O)c2cc(C(=O)O)ccc21. The molecule has 0 spiro atoms. The van der Waals surface area contributed by atoms with E-state index in [0.717, 1.165) is 5.56 Å². The second kappa shape index (κ2) is 3.59. The number of sulfone groups is 1.